The lowest BCUT2D eigenvalue weighted by atomic mass is 9.98. The topological polar surface area (TPSA) is 52.6 Å². The van der Waals surface area contributed by atoms with Crippen LogP contribution in [0.2, 0.25) is 19.6 Å². The summed E-state index contributed by atoms with van der Waals surface area (Å²) in [6, 6.07) is 0. The maximum absolute atomic E-state index is 11.8. The molecule has 0 N–H and O–H groups in total. The van der Waals surface area contributed by atoms with Crippen molar-refractivity contribution in [3.05, 3.63) is 12.2 Å². The second-order valence-corrected chi connectivity index (χ2v) is 12.1. The molecule has 0 saturated heterocycles. The van der Waals surface area contributed by atoms with Gasteiger partial charge in [0.2, 0.25) is 0 Å². The molecule has 1 atom stereocenters. The molecule has 1 rings (SSSR count). The van der Waals surface area contributed by atoms with E-state index in [-0.39, 0.29) is 11.8 Å². The fraction of sp³-hybridized carbons (Fsp3) is 0.750. The van der Waals surface area contributed by atoms with Gasteiger partial charge in [0.05, 0.1) is 13.8 Å². The van der Waals surface area contributed by atoms with E-state index >= 15 is 0 Å². The second-order valence-electron chi connectivity index (χ2n) is 6.73. The summed E-state index contributed by atoms with van der Waals surface area (Å²) in [5.74, 6) is -0.898. The van der Waals surface area contributed by atoms with Gasteiger partial charge in [-0.2, -0.15) is 0 Å². The van der Waals surface area contributed by atoms with Crippen LogP contribution in [0.4, 0.5) is 0 Å². The Morgan fingerprint density at radius 2 is 1.67 bits per heavy atom. The lowest BCUT2D eigenvalue weighted by Crippen LogP contribution is -2.41. The molecule has 5 heteroatoms. The van der Waals surface area contributed by atoms with Crippen molar-refractivity contribution in [3.63, 3.8) is 0 Å². The maximum atomic E-state index is 11.8. The van der Waals surface area contributed by atoms with Crippen LogP contribution < -0.4 is 0 Å². The van der Waals surface area contributed by atoms with Crippen LogP contribution in [-0.4, -0.2) is 31.8 Å². The van der Waals surface area contributed by atoms with Crippen LogP contribution in [0.1, 0.15) is 45.4 Å². The zero-order valence-electron chi connectivity index (χ0n) is 13.7. The first-order valence-electron chi connectivity index (χ1n) is 7.92. The Kier molecular flexibility index (Phi) is 7.15. The van der Waals surface area contributed by atoms with E-state index in [4.69, 9.17) is 9.47 Å². The molecule has 120 valence electrons. The number of rotatable bonds is 6. The van der Waals surface area contributed by atoms with Gasteiger partial charge in [0.1, 0.15) is 6.10 Å². The van der Waals surface area contributed by atoms with Crippen molar-refractivity contribution in [1.82, 2.24) is 0 Å². The largest absolute Gasteiger partial charge is 0.463 e. The lowest BCUT2D eigenvalue weighted by Gasteiger charge is -2.27. The van der Waals surface area contributed by atoms with Gasteiger partial charge in [-0.1, -0.05) is 33.0 Å². The van der Waals surface area contributed by atoms with Crippen molar-refractivity contribution >= 4 is 20.0 Å². The van der Waals surface area contributed by atoms with Gasteiger partial charge in [-0.05, 0) is 32.1 Å². The minimum Gasteiger partial charge on any atom is -0.463 e. The molecule has 1 saturated carbocycles. The van der Waals surface area contributed by atoms with Crippen LogP contribution in [0.5, 0.6) is 0 Å². The minimum absolute atomic E-state index is 0.0114. The van der Waals surface area contributed by atoms with Crippen molar-refractivity contribution in [3.8, 4) is 0 Å². The third-order valence-corrected chi connectivity index (χ3v) is 6.24. The van der Waals surface area contributed by atoms with Crippen molar-refractivity contribution in [2.75, 3.05) is 0 Å². The zero-order chi connectivity index (χ0) is 15.9. The standard InChI is InChI=1S/C16H28O4Si/c1-5-16(21(2,3)4)20-15(18)12-11-14(17)19-13-9-7-6-8-10-13/h11-13,16H,5-10H2,1-4H3/b12-11+. The molecule has 1 aliphatic rings. The highest BCUT2D eigenvalue weighted by Gasteiger charge is 2.28. The number of hydrogen-bond donors (Lipinski definition) is 0. The predicted octanol–water partition coefficient (Wildman–Crippen LogP) is 3.62. The SMILES string of the molecule is CCC(OC(=O)/C=C/C(=O)OC1CCCCC1)[Si](C)(C)C. The highest BCUT2D eigenvalue weighted by Crippen LogP contribution is 2.20. The van der Waals surface area contributed by atoms with Gasteiger partial charge in [0, 0.05) is 12.2 Å². The van der Waals surface area contributed by atoms with E-state index in [1.807, 2.05) is 6.92 Å². The molecule has 4 nitrogen and oxygen atoms in total. The molecule has 1 fully saturated rings. The summed E-state index contributed by atoms with van der Waals surface area (Å²) >= 11 is 0. The summed E-state index contributed by atoms with van der Waals surface area (Å²) in [5.41, 5.74) is -0.0241. The first-order chi connectivity index (χ1) is 9.82. The monoisotopic (exact) mass is 312 g/mol. The van der Waals surface area contributed by atoms with Crippen molar-refractivity contribution in [2.24, 2.45) is 0 Å². The molecule has 0 heterocycles. The fourth-order valence-electron chi connectivity index (χ4n) is 2.57. The van der Waals surface area contributed by atoms with Gasteiger partial charge in [-0.25, -0.2) is 9.59 Å². The smallest absolute Gasteiger partial charge is 0.331 e. The normalized spacial score (nSPS) is 18.5. The third-order valence-electron chi connectivity index (χ3n) is 3.79. The summed E-state index contributed by atoms with van der Waals surface area (Å²) < 4.78 is 10.7. The molecule has 0 aromatic rings. The van der Waals surface area contributed by atoms with Crippen LogP contribution >= 0.6 is 0 Å². The van der Waals surface area contributed by atoms with Crippen LogP contribution in [0.25, 0.3) is 0 Å². The van der Waals surface area contributed by atoms with Gasteiger partial charge in [0.25, 0.3) is 0 Å². The molecule has 0 amide bonds. The third kappa shape index (κ3) is 6.93. The van der Waals surface area contributed by atoms with E-state index in [9.17, 15) is 9.59 Å². The molecule has 0 aliphatic heterocycles. The Hall–Kier alpha value is -1.10. The number of carbonyl (C=O) groups is 2. The predicted molar refractivity (Wildman–Crippen MR) is 85.6 cm³/mol. The molecule has 0 aromatic carbocycles. The molecule has 1 aliphatic carbocycles. The first kappa shape index (κ1) is 17.9. The average Bonchev–Trinajstić information content (AvgIpc) is 2.42. The molecular formula is C16H28O4Si. The highest BCUT2D eigenvalue weighted by molar-refractivity contribution is 6.77. The number of esters is 2. The Bertz CT molecular complexity index is 378. The van der Waals surface area contributed by atoms with Crippen LogP contribution in [0.15, 0.2) is 12.2 Å². The molecule has 21 heavy (non-hydrogen) atoms. The van der Waals surface area contributed by atoms with Gasteiger partial charge in [0.15, 0.2) is 0 Å². The summed E-state index contributed by atoms with van der Waals surface area (Å²) in [5, 5.41) is 0. The first-order valence-corrected chi connectivity index (χ1v) is 11.5. The molecular weight excluding hydrogens is 284 g/mol. The summed E-state index contributed by atoms with van der Waals surface area (Å²) in [4.78, 5) is 23.4. The van der Waals surface area contributed by atoms with Crippen molar-refractivity contribution in [1.29, 1.82) is 0 Å². The Morgan fingerprint density at radius 1 is 1.10 bits per heavy atom. The van der Waals surface area contributed by atoms with Gasteiger partial charge in [-0.15, -0.1) is 0 Å². The Morgan fingerprint density at radius 3 is 2.19 bits per heavy atom. The molecule has 0 radical (unpaired) electrons. The van der Waals surface area contributed by atoms with Crippen LogP contribution in [0, 0.1) is 0 Å². The van der Waals surface area contributed by atoms with Crippen LogP contribution in [-0.2, 0) is 19.1 Å². The lowest BCUT2D eigenvalue weighted by molar-refractivity contribution is -0.145. The van der Waals surface area contributed by atoms with Gasteiger partial charge in [-0.3, -0.25) is 0 Å². The molecule has 0 spiro atoms. The van der Waals surface area contributed by atoms with E-state index in [0.29, 0.717) is 0 Å². The molecule has 1 unspecified atom stereocenters. The molecule has 0 bridgehead atoms. The highest BCUT2D eigenvalue weighted by atomic mass is 28.3. The van der Waals surface area contributed by atoms with E-state index < -0.39 is 20.0 Å². The van der Waals surface area contributed by atoms with E-state index in [1.165, 1.54) is 18.6 Å². The van der Waals surface area contributed by atoms with Crippen molar-refractivity contribution < 1.29 is 19.1 Å². The quantitative estimate of drug-likeness (QED) is 0.427. The minimum atomic E-state index is -1.53. The average molecular weight is 312 g/mol. The Labute approximate surface area is 128 Å². The summed E-state index contributed by atoms with van der Waals surface area (Å²) in [7, 11) is -1.53. The van der Waals surface area contributed by atoms with E-state index in [1.54, 1.807) is 0 Å². The van der Waals surface area contributed by atoms with Crippen molar-refractivity contribution in [2.45, 2.75) is 76.9 Å². The van der Waals surface area contributed by atoms with E-state index in [2.05, 4.69) is 19.6 Å². The van der Waals surface area contributed by atoms with E-state index in [0.717, 1.165) is 32.1 Å². The summed E-state index contributed by atoms with van der Waals surface area (Å²) in [6.45, 7) is 8.50. The summed E-state index contributed by atoms with van der Waals surface area (Å²) in [6.07, 6.45) is 8.48. The maximum Gasteiger partial charge on any atom is 0.331 e. The Balaban J connectivity index is 2.40. The van der Waals surface area contributed by atoms with Gasteiger partial charge >= 0.3 is 11.9 Å². The number of carbonyl (C=O) groups excluding carboxylic acids is 2. The zero-order valence-corrected chi connectivity index (χ0v) is 14.7. The number of ether oxygens (including phenoxy) is 2. The number of hydrogen-bond acceptors (Lipinski definition) is 4. The second kappa shape index (κ2) is 8.37. The molecule has 0 aromatic heterocycles. The van der Waals surface area contributed by atoms with Gasteiger partial charge < -0.3 is 9.47 Å². The van der Waals surface area contributed by atoms with Crippen LogP contribution in [0.3, 0.4) is 0 Å². The fourth-order valence-corrected chi connectivity index (χ4v) is 4.27.